The normalized spacial score (nSPS) is 18.3. The number of ketones is 1. The van der Waals surface area contributed by atoms with E-state index < -0.39 is 9.84 Å². The molecule has 0 aromatic heterocycles. The summed E-state index contributed by atoms with van der Waals surface area (Å²) >= 11 is 0. The van der Waals surface area contributed by atoms with E-state index in [-0.39, 0.29) is 17.0 Å². The molecule has 1 saturated carbocycles. The Bertz CT molecular complexity index is 569. The maximum atomic E-state index is 12.8. The summed E-state index contributed by atoms with van der Waals surface area (Å²) in [5.74, 6) is 0.320. The third-order valence-electron chi connectivity index (χ3n) is 4.49. The molecular weight excluding hydrogens is 284 g/mol. The van der Waals surface area contributed by atoms with Crippen molar-refractivity contribution in [1.29, 1.82) is 0 Å². The van der Waals surface area contributed by atoms with E-state index in [1.165, 1.54) is 12.7 Å². The van der Waals surface area contributed by atoms with Crippen LogP contribution in [-0.4, -0.2) is 26.2 Å². The van der Waals surface area contributed by atoms with Crippen LogP contribution in [0.5, 0.6) is 0 Å². The standard InChI is InChI=1S/C17H24O3S/c1-21(19,20)14-8-11-16(18)17(12-6-3-7-13-17)15-9-4-2-5-10-15/h2,4-5,9-10H,3,6-8,11-14H2,1H3. The molecule has 0 radical (unpaired) electrons. The molecule has 1 aliphatic rings. The smallest absolute Gasteiger partial charge is 0.147 e. The maximum absolute atomic E-state index is 12.8. The molecule has 2 rings (SSSR count). The van der Waals surface area contributed by atoms with Crippen molar-refractivity contribution in [2.24, 2.45) is 0 Å². The van der Waals surface area contributed by atoms with Gasteiger partial charge >= 0.3 is 0 Å². The largest absolute Gasteiger partial charge is 0.299 e. The Labute approximate surface area is 127 Å². The predicted molar refractivity (Wildman–Crippen MR) is 85.2 cm³/mol. The van der Waals surface area contributed by atoms with Crippen LogP contribution in [0, 0.1) is 0 Å². The van der Waals surface area contributed by atoms with Gasteiger partial charge in [0.1, 0.15) is 15.6 Å². The molecule has 21 heavy (non-hydrogen) atoms. The van der Waals surface area contributed by atoms with Crippen molar-refractivity contribution < 1.29 is 13.2 Å². The Morgan fingerprint density at radius 1 is 1.10 bits per heavy atom. The van der Waals surface area contributed by atoms with Crippen molar-refractivity contribution in [2.75, 3.05) is 12.0 Å². The van der Waals surface area contributed by atoms with E-state index in [0.717, 1.165) is 31.2 Å². The van der Waals surface area contributed by atoms with Crippen LogP contribution in [0.25, 0.3) is 0 Å². The topological polar surface area (TPSA) is 51.2 Å². The van der Waals surface area contributed by atoms with Gasteiger partial charge in [0.2, 0.25) is 0 Å². The summed E-state index contributed by atoms with van der Waals surface area (Å²) in [6.07, 6.45) is 7.16. The SMILES string of the molecule is CS(=O)(=O)CCCC(=O)C1(c2ccccc2)CCCCC1. The van der Waals surface area contributed by atoms with Crippen molar-refractivity contribution >= 4 is 15.6 Å². The molecule has 3 nitrogen and oxygen atoms in total. The minimum atomic E-state index is -2.99. The van der Waals surface area contributed by atoms with Crippen LogP contribution >= 0.6 is 0 Å². The first-order valence-electron chi connectivity index (χ1n) is 7.71. The Balaban J connectivity index is 2.14. The van der Waals surface area contributed by atoms with Gasteiger partial charge in [0.05, 0.1) is 11.2 Å². The van der Waals surface area contributed by atoms with Crippen molar-refractivity contribution in [3.63, 3.8) is 0 Å². The molecule has 0 spiro atoms. The zero-order valence-electron chi connectivity index (χ0n) is 12.7. The molecular formula is C17H24O3S. The molecule has 1 aromatic rings. The van der Waals surface area contributed by atoms with Gasteiger partial charge in [0.15, 0.2) is 0 Å². The number of Topliss-reactive ketones (excluding diaryl/α,β-unsaturated/α-hetero) is 1. The van der Waals surface area contributed by atoms with Crippen LogP contribution in [-0.2, 0) is 20.0 Å². The highest BCUT2D eigenvalue weighted by Gasteiger charge is 2.39. The maximum Gasteiger partial charge on any atom is 0.147 e. The summed E-state index contributed by atoms with van der Waals surface area (Å²) in [6.45, 7) is 0. The van der Waals surface area contributed by atoms with Gasteiger partial charge in [-0.1, -0.05) is 49.6 Å². The lowest BCUT2D eigenvalue weighted by molar-refractivity contribution is -0.125. The van der Waals surface area contributed by atoms with E-state index in [0.29, 0.717) is 12.8 Å². The van der Waals surface area contributed by atoms with Gasteiger partial charge in [-0.2, -0.15) is 0 Å². The van der Waals surface area contributed by atoms with Crippen molar-refractivity contribution in [3.05, 3.63) is 35.9 Å². The van der Waals surface area contributed by atoms with Crippen LogP contribution < -0.4 is 0 Å². The second-order valence-corrected chi connectivity index (χ2v) is 8.43. The first-order chi connectivity index (χ1) is 9.94. The number of carbonyl (C=O) groups excluding carboxylic acids is 1. The minimum Gasteiger partial charge on any atom is -0.299 e. The fraction of sp³-hybridized carbons (Fsp3) is 0.588. The molecule has 116 valence electrons. The van der Waals surface area contributed by atoms with Crippen molar-refractivity contribution in [2.45, 2.75) is 50.4 Å². The van der Waals surface area contributed by atoms with Gasteiger partial charge in [-0.25, -0.2) is 8.42 Å². The number of hydrogen-bond donors (Lipinski definition) is 0. The van der Waals surface area contributed by atoms with E-state index in [1.807, 2.05) is 30.3 Å². The minimum absolute atomic E-state index is 0.101. The third kappa shape index (κ3) is 4.16. The summed E-state index contributed by atoms with van der Waals surface area (Å²) in [7, 11) is -2.99. The van der Waals surface area contributed by atoms with E-state index in [1.54, 1.807) is 0 Å². The van der Waals surface area contributed by atoms with E-state index >= 15 is 0 Å². The average Bonchev–Trinajstić information content (AvgIpc) is 2.47. The second kappa shape index (κ2) is 6.73. The molecule has 0 heterocycles. The molecule has 1 aromatic carbocycles. The first kappa shape index (κ1) is 16.2. The molecule has 1 fully saturated rings. The van der Waals surface area contributed by atoms with Gasteiger partial charge in [-0.3, -0.25) is 4.79 Å². The molecule has 0 N–H and O–H groups in total. The Morgan fingerprint density at radius 3 is 2.29 bits per heavy atom. The first-order valence-corrected chi connectivity index (χ1v) is 9.77. The Kier molecular flexibility index (Phi) is 5.20. The molecule has 0 amide bonds. The molecule has 0 aliphatic heterocycles. The molecule has 1 aliphatic carbocycles. The second-order valence-electron chi connectivity index (χ2n) is 6.17. The van der Waals surface area contributed by atoms with Gasteiger partial charge in [0.25, 0.3) is 0 Å². The van der Waals surface area contributed by atoms with Crippen molar-refractivity contribution in [3.8, 4) is 0 Å². The summed E-state index contributed by atoms with van der Waals surface area (Å²) in [4.78, 5) is 12.8. The van der Waals surface area contributed by atoms with E-state index in [2.05, 4.69) is 0 Å². The van der Waals surface area contributed by atoms with Crippen LogP contribution in [0.15, 0.2) is 30.3 Å². The lowest BCUT2D eigenvalue weighted by Crippen LogP contribution is -2.38. The highest BCUT2D eigenvalue weighted by atomic mass is 32.2. The van der Waals surface area contributed by atoms with Crippen LogP contribution in [0.1, 0.15) is 50.5 Å². The monoisotopic (exact) mass is 308 g/mol. The number of benzene rings is 1. The Hall–Kier alpha value is -1.16. The number of rotatable bonds is 6. The van der Waals surface area contributed by atoms with Crippen LogP contribution in [0.2, 0.25) is 0 Å². The zero-order valence-corrected chi connectivity index (χ0v) is 13.5. The fourth-order valence-electron chi connectivity index (χ4n) is 3.38. The third-order valence-corrected chi connectivity index (χ3v) is 5.52. The van der Waals surface area contributed by atoms with Crippen LogP contribution in [0.4, 0.5) is 0 Å². The Morgan fingerprint density at radius 2 is 1.71 bits per heavy atom. The lowest BCUT2D eigenvalue weighted by atomic mass is 9.66. The van der Waals surface area contributed by atoms with Crippen molar-refractivity contribution in [1.82, 2.24) is 0 Å². The number of hydrogen-bond acceptors (Lipinski definition) is 3. The summed E-state index contributed by atoms with van der Waals surface area (Å²) in [5, 5.41) is 0. The summed E-state index contributed by atoms with van der Waals surface area (Å²) in [5.41, 5.74) is 0.728. The summed E-state index contributed by atoms with van der Waals surface area (Å²) < 4.78 is 22.5. The van der Waals surface area contributed by atoms with Gasteiger partial charge in [-0.05, 0) is 24.8 Å². The molecule has 0 atom stereocenters. The predicted octanol–water partition coefficient (Wildman–Crippen LogP) is 3.28. The zero-order chi connectivity index (χ0) is 15.3. The van der Waals surface area contributed by atoms with Gasteiger partial charge in [0, 0.05) is 12.7 Å². The molecule has 0 unspecified atom stereocenters. The quantitative estimate of drug-likeness (QED) is 0.810. The number of carbonyl (C=O) groups is 1. The molecule has 0 saturated heterocycles. The average molecular weight is 308 g/mol. The van der Waals surface area contributed by atoms with E-state index in [9.17, 15) is 13.2 Å². The fourth-order valence-corrected chi connectivity index (χ4v) is 4.04. The molecule has 0 bridgehead atoms. The highest BCUT2D eigenvalue weighted by molar-refractivity contribution is 7.90. The van der Waals surface area contributed by atoms with Gasteiger partial charge < -0.3 is 0 Å². The molecule has 4 heteroatoms. The highest BCUT2D eigenvalue weighted by Crippen LogP contribution is 2.41. The number of sulfone groups is 1. The summed E-state index contributed by atoms with van der Waals surface area (Å²) in [6, 6.07) is 10.0. The van der Waals surface area contributed by atoms with Gasteiger partial charge in [-0.15, -0.1) is 0 Å². The van der Waals surface area contributed by atoms with Crippen LogP contribution in [0.3, 0.4) is 0 Å². The van der Waals surface area contributed by atoms with E-state index in [4.69, 9.17) is 0 Å². The lowest BCUT2D eigenvalue weighted by Gasteiger charge is -2.36.